The summed E-state index contributed by atoms with van der Waals surface area (Å²) in [6, 6.07) is 5.07. The van der Waals surface area contributed by atoms with Gasteiger partial charge in [-0.25, -0.2) is 9.31 Å². The Balaban J connectivity index is 1.32. The second-order valence-electron chi connectivity index (χ2n) is 9.31. The molecule has 2 atom stereocenters. The van der Waals surface area contributed by atoms with Crippen molar-refractivity contribution >= 4 is 33.9 Å². The average Bonchev–Trinajstić information content (AvgIpc) is 3.42. The van der Waals surface area contributed by atoms with Crippen molar-refractivity contribution in [3.63, 3.8) is 0 Å². The van der Waals surface area contributed by atoms with Gasteiger partial charge >= 0.3 is 6.03 Å². The molecule has 0 bridgehead atoms. The highest BCUT2D eigenvalue weighted by Crippen LogP contribution is 2.46. The Bertz CT molecular complexity index is 1010. The highest BCUT2D eigenvalue weighted by Gasteiger charge is 2.35. The number of nitrogens with zero attached hydrogens (tertiary/aromatic N) is 5. The van der Waals surface area contributed by atoms with E-state index in [0.29, 0.717) is 23.8 Å². The molecule has 0 saturated carbocycles. The molecule has 5 rings (SSSR count). The highest BCUT2D eigenvalue weighted by molar-refractivity contribution is 8.09. The number of thioether (sulfide) groups is 1. The Kier molecular flexibility index (Phi) is 6.07. The summed E-state index contributed by atoms with van der Waals surface area (Å²) in [4.78, 5) is 20.4. The van der Waals surface area contributed by atoms with Gasteiger partial charge in [0.2, 0.25) is 0 Å². The van der Waals surface area contributed by atoms with Gasteiger partial charge in [0, 0.05) is 73.4 Å². The average molecular weight is 455 g/mol. The molecule has 2 aromatic heterocycles. The van der Waals surface area contributed by atoms with Gasteiger partial charge in [-0.05, 0) is 51.8 Å². The van der Waals surface area contributed by atoms with Crippen LogP contribution in [0.2, 0.25) is 0 Å². The van der Waals surface area contributed by atoms with Crippen molar-refractivity contribution < 1.29 is 4.79 Å². The van der Waals surface area contributed by atoms with Gasteiger partial charge in [-0.3, -0.25) is 4.90 Å². The first-order chi connectivity index (χ1) is 15.5. The van der Waals surface area contributed by atoms with Crippen LogP contribution in [-0.2, 0) is 0 Å². The van der Waals surface area contributed by atoms with Crippen LogP contribution in [0.25, 0.3) is 10.4 Å². The molecule has 7 nitrogen and oxygen atoms in total. The lowest BCUT2D eigenvalue weighted by atomic mass is 9.95. The summed E-state index contributed by atoms with van der Waals surface area (Å²) < 4.78 is 2.02. The molecule has 0 aromatic carbocycles. The molecule has 0 radical (unpaired) electrons. The number of nitrogens with one attached hydrogen (secondary N) is 1. The first-order valence-electron chi connectivity index (χ1n) is 11.9. The summed E-state index contributed by atoms with van der Waals surface area (Å²) in [5.74, 6) is 0.683. The monoisotopic (exact) mass is 454 g/mol. The lowest BCUT2D eigenvalue weighted by Crippen LogP contribution is -2.51. The number of carbonyl (C=O) groups excluding carboxylic acids is 1. The van der Waals surface area contributed by atoms with E-state index in [2.05, 4.69) is 58.5 Å². The number of fused-ring (bicyclic) bond motifs is 2. The second kappa shape index (κ2) is 8.98. The number of allylic oxidation sites excluding steroid dienone is 1. The molecule has 8 heteroatoms. The van der Waals surface area contributed by atoms with Crippen molar-refractivity contribution in [3.05, 3.63) is 36.2 Å². The van der Waals surface area contributed by atoms with Crippen molar-refractivity contribution in [2.75, 3.05) is 50.7 Å². The molecule has 0 spiro atoms. The third-order valence-corrected chi connectivity index (χ3v) is 8.45. The first-order valence-corrected chi connectivity index (χ1v) is 12.8. The Morgan fingerprint density at radius 3 is 2.81 bits per heavy atom. The van der Waals surface area contributed by atoms with Gasteiger partial charge in [-0.2, -0.15) is 5.10 Å². The van der Waals surface area contributed by atoms with Crippen molar-refractivity contribution in [2.45, 2.75) is 38.5 Å². The van der Waals surface area contributed by atoms with Crippen LogP contribution < -0.4 is 10.2 Å². The number of urea groups is 1. The third-order valence-electron chi connectivity index (χ3n) is 7.02. The van der Waals surface area contributed by atoms with Crippen LogP contribution >= 0.6 is 11.8 Å². The van der Waals surface area contributed by atoms with E-state index in [0.717, 1.165) is 31.7 Å². The molecule has 2 amide bonds. The molecule has 2 fully saturated rings. The molecule has 0 aliphatic carbocycles. The predicted octanol–water partition coefficient (Wildman–Crippen LogP) is 3.37. The van der Waals surface area contributed by atoms with Gasteiger partial charge in [0.1, 0.15) is 0 Å². The Morgan fingerprint density at radius 1 is 1.25 bits per heavy atom. The SMILES string of the molecule is CCNC(=O)N1CCN(c2ccnn3cc(C4=CC5CCN(C(C)C)CC5S4)cc23)CC1. The van der Waals surface area contributed by atoms with Gasteiger partial charge in [0.05, 0.1) is 11.2 Å². The summed E-state index contributed by atoms with van der Waals surface area (Å²) in [7, 11) is 0. The quantitative estimate of drug-likeness (QED) is 0.768. The predicted molar refractivity (Wildman–Crippen MR) is 132 cm³/mol. The highest BCUT2D eigenvalue weighted by atomic mass is 32.2. The molecule has 2 saturated heterocycles. The number of hydrogen-bond donors (Lipinski definition) is 1. The van der Waals surface area contributed by atoms with E-state index < -0.39 is 0 Å². The summed E-state index contributed by atoms with van der Waals surface area (Å²) in [6.07, 6.45) is 7.83. The third kappa shape index (κ3) is 4.10. The van der Waals surface area contributed by atoms with Gasteiger partial charge in [-0.15, -0.1) is 11.8 Å². The Morgan fingerprint density at radius 2 is 2.06 bits per heavy atom. The topological polar surface area (TPSA) is 56.1 Å². The largest absolute Gasteiger partial charge is 0.366 e. The number of piperazine rings is 1. The van der Waals surface area contributed by atoms with Crippen LogP contribution in [0.5, 0.6) is 0 Å². The first kappa shape index (κ1) is 21.6. The number of amides is 2. The van der Waals surface area contributed by atoms with Crippen LogP contribution in [0.15, 0.2) is 30.6 Å². The minimum atomic E-state index is 0.0414. The second-order valence-corrected chi connectivity index (χ2v) is 10.6. The molecular formula is C24H34N6OS. The van der Waals surface area contributed by atoms with E-state index in [1.165, 1.54) is 35.7 Å². The molecular weight excluding hydrogens is 420 g/mol. The fourth-order valence-corrected chi connectivity index (χ4v) is 6.60. The molecule has 32 heavy (non-hydrogen) atoms. The normalized spacial score (nSPS) is 24.2. The summed E-state index contributed by atoms with van der Waals surface area (Å²) in [5.41, 5.74) is 3.63. The number of piperidine rings is 1. The molecule has 3 aliphatic heterocycles. The van der Waals surface area contributed by atoms with Gasteiger partial charge in [-0.1, -0.05) is 6.08 Å². The fourth-order valence-electron chi connectivity index (χ4n) is 5.12. The van der Waals surface area contributed by atoms with E-state index in [-0.39, 0.29) is 6.03 Å². The van der Waals surface area contributed by atoms with E-state index in [1.54, 1.807) is 0 Å². The summed E-state index contributed by atoms with van der Waals surface area (Å²) in [6.45, 7) is 12.8. The van der Waals surface area contributed by atoms with Crippen molar-refractivity contribution in [1.29, 1.82) is 0 Å². The molecule has 1 N–H and O–H groups in total. The van der Waals surface area contributed by atoms with Gasteiger partial charge in [0.15, 0.2) is 0 Å². The Hall–Kier alpha value is -2.19. The minimum Gasteiger partial charge on any atom is -0.366 e. The van der Waals surface area contributed by atoms with Crippen molar-refractivity contribution in [1.82, 2.24) is 24.7 Å². The van der Waals surface area contributed by atoms with Crippen LogP contribution in [0.1, 0.15) is 32.8 Å². The zero-order valence-electron chi connectivity index (χ0n) is 19.3. The van der Waals surface area contributed by atoms with E-state index >= 15 is 0 Å². The number of rotatable bonds is 4. The van der Waals surface area contributed by atoms with E-state index in [1.807, 2.05) is 34.3 Å². The van der Waals surface area contributed by atoms with Crippen LogP contribution in [0.4, 0.5) is 10.5 Å². The Labute approximate surface area is 194 Å². The smallest absolute Gasteiger partial charge is 0.317 e. The minimum absolute atomic E-state index is 0.0414. The number of likely N-dealkylation sites (tertiary alicyclic amines) is 1. The molecule has 3 aliphatic rings. The maximum atomic E-state index is 12.1. The van der Waals surface area contributed by atoms with Gasteiger partial charge < -0.3 is 15.1 Å². The van der Waals surface area contributed by atoms with Crippen LogP contribution in [-0.4, -0.2) is 82.6 Å². The summed E-state index contributed by atoms with van der Waals surface area (Å²) >= 11 is 2.05. The van der Waals surface area contributed by atoms with Crippen molar-refractivity contribution in [3.8, 4) is 0 Å². The van der Waals surface area contributed by atoms with Crippen LogP contribution in [0.3, 0.4) is 0 Å². The van der Waals surface area contributed by atoms with E-state index in [9.17, 15) is 4.79 Å². The molecule has 2 aromatic rings. The molecule has 2 unspecified atom stereocenters. The van der Waals surface area contributed by atoms with Crippen LogP contribution in [0, 0.1) is 5.92 Å². The van der Waals surface area contributed by atoms with E-state index in [4.69, 9.17) is 0 Å². The fraction of sp³-hybridized carbons (Fsp3) is 0.583. The van der Waals surface area contributed by atoms with Crippen molar-refractivity contribution in [2.24, 2.45) is 5.92 Å². The molecule has 172 valence electrons. The zero-order chi connectivity index (χ0) is 22.2. The zero-order valence-corrected chi connectivity index (χ0v) is 20.1. The number of anilines is 1. The standard InChI is InChI=1S/C24H34N6OS/c1-4-25-24(31)28-11-9-27(10-12-28)20-5-7-26-30-15-19(13-21(20)30)22-14-18-6-8-29(17(2)3)16-23(18)32-22/h5,7,13-15,17-18,23H,4,6,8-12,16H2,1-3H3,(H,25,31). The summed E-state index contributed by atoms with van der Waals surface area (Å²) in [5, 5.41) is 8.17. The number of carbonyl (C=O) groups is 1. The number of hydrogen-bond acceptors (Lipinski definition) is 5. The van der Waals surface area contributed by atoms with Gasteiger partial charge in [0.25, 0.3) is 0 Å². The lowest BCUT2D eigenvalue weighted by Gasteiger charge is -2.36. The lowest BCUT2D eigenvalue weighted by molar-refractivity contribution is 0.171. The molecule has 5 heterocycles. The maximum Gasteiger partial charge on any atom is 0.317 e. The number of aromatic nitrogens is 2. The maximum absolute atomic E-state index is 12.1.